The average molecular weight is 479 g/mol. The van der Waals surface area contributed by atoms with Crippen LogP contribution in [0, 0.1) is 0 Å². The summed E-state index contributed by atoms with van der Waals surface area (Å²) in [4.78, 5) is 35.4. The Labute approximate surface area is 200 Å². The number of carbonyl (C=O) groups is 1. The van der Waals surface area contributed by atoms with E-state index in [1.54, 1.807) is 25.4 Å². The number of ether oxygens (including phenoxy) is 1. The number of thioether (sulfide) groups is 1. The second-order valence-corrected chi connectivity index (χ2v) is 9.53. The molecule has 2 aromatic heterocycles. The van der Waals surface area contributed by atoms with Gasteiger partial charge >= 0.3 is 0 Å². The van der Waals surface area contributed by atoms with Crippen LogP contribution in [0.1, 0.15) is 16.7 Å². The number of hydrogen-bond acceptors (Lipinski definition) is 7. The number of anilines is 1. The fourth-order valence-corrected chi connectivity index (χ4v) is 5.43. The van der Waals surface area contributed by atoms with Crippen molar-refractivity contribution in [1.82, 2.24) is 14.3 Å². The van der Waals surface area contributed by atoms with E-state index < -0.39 is 0 Å². The zero-order valence-electron chi connectivity index (χ0n) is 18.1. The number of carbonyl (C=O) groups excluding carboxylic acids is 1. The van der Waals surface area contributed by atoms with Gasteiger partial charge in [0.05, 0.1) is 23.6 Å². The van der Waals surface area contributed by atoms with E-state index in [1.807, 2.05) is 24.3 Å². The highest BCUT2D eigenvalue weighted by atomic mass is 32.2. The lowest BCUT2D eigenvalue weighted by Crippen LogP contribution is -2.34. The highest BCUT2D eigenvalue weighted by Gasteiger charge is 2.33. The predicted molar refractivity (Wildman–Crippen MR) is 134 cm³/mol. The molecule has 1 saturated heterocycles. The maximum absolute atomic E-state index is 13.5. The number of thiocarbonyl (C=S) groups is 1. The van der Waals surface area contributed by atoms with E-state index in [4.69, 9.17) is 21.9 Å². The second-order valence-electron chi connectivity index (χ2n) is 7.85. The van der Waals surface area contributed by atoms with Gasteiger partial charge in [-0.25, -0.2) is 4.98 Å². The Balaban J connectivity index is 1.61. The molecule has 0 unspecified atom stereocenters. The Hall–Kier alpha value is -3.01. The predicted octanol–water partition coefficient (Wildman–Crippen LogP) is 3.10. The van der Waals surface area contributed by atoms with Gasteiger partial charge in [0.15, 0.2) is 0 Å². The van der Waals surface area contributed by atoms with Crippen molar-refractivity contribution in [3.05, 3.63) is 80.6 Å². The molecule has 0 aliphatic carbocycles. The molecule has 5 rings (SSSR count). The van der Waals surface area contributed by atoms with Crippen LogP contribution in [0.5, 0.6) is 0 Å². The number of fused-ring (bicyclic) bond motifs is 2. The highest BCUT2D eigenvalue weighted by Crippen LogP contribution is 2.34. The van der Waals surface area contributed by atoms with E-state index >= 15 is 0 Å². The van der Waals surface area contributed by atoms with Crippen molar-refractivity contribution >= 4 is 51.7 Å². The first-order chi connectivity index (χ1) is 16.1. The van der Waals surface area contributed by atoms with Gasteiger partial charge in [-0.05, 0) is 35.8 Å². The maximum atomic E-state index is 13.5. The van der Waals surface area contributed by atoms with Crippen molar-refractivity contribution in [3.8, 4) is 0 Å². The fraction of sp³-hybridized carbons (Fsp3) is 0.250. The molecule has 9 heteroatoms. The van der Waals surface area contributed by atoms with Crippen LogP contribution in [0.4, 0.5) is 5.82 Å². The molecule has 1 fully saturated rings. The summed E-state index contributed by atoms with van der Waals surface area (Å²) in [5.41, 5.74) is 3.28. The molecule has 2 aliphatic heterocycles. The summed E-state index contributed by atoms with van der Waals surface area (Å²) in [7, 11) is 1.58. The summed E-state index contributed by atoms with van der Waals surface area (Å²) in [5.74, 6) is 0.373. The van der Waals surface area contributed by atoms with Gasteiger partial charge in [-0.1, -0.05) is 54.3 Å². The van der Waals surface area contributed by atoms with Gasteiger partial charge in [-0.3, -0.25) is 18.9 Å². The Bertz CT molecular complexity index is 1350. The minimum absolute atomic E-state index is 0.211. The summed E-state index contributed by atoms with van der Waals surface area (Å²) in [6.45, 7) is 2.16. The third kappa shape index (κ3) is 4.07. The first-order valence-electron chi connectivity index (χ1n) is 10.6. The Kier molecular flexibility index (Phi) is 6.01. The monoisotopic (exact) mass is 478 g/mol. The van der Waals surface area contributed by atoms with E-state index in [9.17, 15) is 9.59 Å². The maximum Gasteiger partial charge on any atom is 0.267 e. The van der Waals surface area contributed by atoms with Crippen LogP contribution in [0.2, 0.25) is 0 Å². The second kappa shape index (κ2) is 9.09. The molecule has 33 heavy (non-hydrogen) atoms. The largest absolute Gasteiger partial charge is 0.383 e. The first-order valence-corrected chi connectivity index (χ1v) is 11.9. The lowest BCUT2D eigenvalue weighted by molar-refractivity contribution is -0.122. The molecule has 1 aromatic carbocycles. The highest BCUT2D eigenvalue weighted by molar-refractivity contribution is 8.26. The van der Waals surface area contributed by atoms with Crippen molar-refractivity contribution < 1.29 is 9.53 Å². The van der Waals surface area contributed by atoms with Gasteiger partial charge in [-0.2, -0.15) is 0 Å². The standard InChI is InChI=1S/C24H22N4O3S2/c1-31-13-12-28-23(30)19(33-24(28)32)14-18-21(25-20-8-4-5-10-27(20)22(18)29)26-11-9-16-6-2-3-7-17(16)15-26/h2-8,10,14H,9,11-13,15H2,1H3/b19-14-. The third-order valence-electron chi connectivity index (χ3n) is 5.85. The van der Waals surface area contributed by atoms with Crippen molar-refractivity contribution in [2.24, 2.45) is 0 Å². The SMILES string of the molecule is COCCN1C(=O)/C(=C/c2c(N3CCc4ccccc4C3)nc3ccccn3c2=O)SC1=S. The van der Waals surface area contributed by atoms with Crippen LogP contribution in [0.3, 0.4) is 0 Å². The minimum Gasteiger partial charge on any atom is -0.383 e. The Morgan fingerprint density at radius 1 is 1.15 bits per heavy atom. The first kappa shape index (κ1) is 21.8. The molecular formula is C24H22N4O3S2. The zero-order chi connectivity index (χ0) is 22.9. The number of methoxy groups -OCH3 is 1. The van der Waals surface area contributed by atoms with Crippen LogP contribution >= 0.6 is 24.0 Å². The molecule has 4 heterocycles. The summed E-state index contributed by atoms with van der Waals surface area (Å²) >= 11 is 6.60. The molecule has 0 saturated carbocycles. The van der Waals surface area contributed by atoms with E-state index in [1.165, 1.54) is 32.2 Å². The molecule has 0 bridgehead atoms. The summed E-state index contributed by atoms with van der Waals surface area (Å²) < 4.78 is 7.07. The molecule has 168 valence electrons. The van der Waals surface area contributed by atoms with Gasteiger partial charge in [0.1, 0.15) is 15.8 Å². The van der Waals surface area contributed by atoms with E-state index in [-0.39, 0.29) is 11.5 Å². The number of aromatic nitrogens is 2. The molecule has 1 amide bonds. The fourth-order valence-electron chi connectivity index (χ4n) is 4.14. The molecule has 0 radical (unpaired) electrons. The zero-order valence-corrected chi connectivity index (χ0v) is 19.7. The molecule has 0 atom stereocenters. The Morgan fingerprint density at radius 3 is 2.76 bits per heavy atom. The van der Waals surface area contributed by atoms with E-state index in [0.717, 1.165) is 13.0 Å². The number of nitrogens with zero attached hydrogens (tertiary/aromatic N) is 4. The molecule has 3 aromatic rings. The smallest absolute Gasteiger partial charge is 0.267 e. The summed E-state index contributed by atoms with van der Waals surface area (Å²) in [6, 6.07) is 13.8. The molecule has 0 N–H and O–H groups in total. The number of amides is 1. The van der Waals surface area contributed by atoms with Crippen molar-refractivity contribution in [2.75, 3.05) is 31.7 Å². The normalized spacial score (nSPS) is 17.3. The van der Waals surface area contributed by atoms with Crippen molar-refractivity contribution in [2.45, 2.75) is 13.0 Å². The Morgan fingerprint density at radius 2 is 1.94 bits per heavy atom. The van der Waals surface area contributed by atoms with Crippen molar-refractivity contribution in [1.29, 1.82) is 0 Å². The number of hydrogen-bond donors (Lipinski definition) is 0. The van der Waals surface area contributed by atoms with Gasteiger partial charge in [0.25, 0.3) is 11.5 Å². The topological polar surface area (TPSA) is 67.2 Å². The number of pyridine rings is 1. The van der Waals surface area contributed by atoms with Gasteiger partial charge in [-0.15, -0.1) is 0 Å². The van der Waals surface area contributed by atoms with Crippen LogP contribution in [-0.4, -0.2) is 51.3 Å². The average Bonchev–Trinajstić information content (AvgIpc) is 3.11. The van der Waals surface area contributed by atoms with E-state index in [2.05, 4.69) is 17.0 Å². The van der Waals surface area contributed by atoms with Crippen LogP contribution in [0.25, 0.3) is 11.7 Å². The lowest BCUT2D eigenvalue weighted by atomic mass is 9.99. The molecular weight excluding hydrogens is 456 g/mol. The van der Waals surface area contributed by atoms with Gasteiger partial charge in [0, 0.05) is 26.4 Å². The molecule has 7 nitrogen and oxygen atoms in total. The summed E-state index contributed by atoms with van der Waals surface area (Å²) in [5, 5.41) is 0. The van der Waals surface area contributed by atoms with Crippen molar-refractivity contribution in [3.63, 3.8) is 0 Å². The van der Waals surface area contributed by atoms with Crippen LogP contribution in [-0.2, 0) is 22.5 Å². The van der Waals surface area contributed by atoms with E-state index in [0.29, 0.717) is 46.0 Å². The lowest BCUT2D eigenvalue weighted by Gasteiger charge is -2.30. The minimum atomic E-state index is -0.213. The quantitative estimate of drug-likeness (QED) is 0.412. The number of benzene rings is 1. The number of rotatable bonds is 5. The van der Waals surface area contributed by atoms with Crippen LogP contribution < -0.4 is 10.5 Å². The van der Waals surface area contributed by atoms with Crippen LogP contribution in [0.15, 0.2) is 58.4 Å². The molecule has 2 aliphatic rings. The van der Waals surface area contributed by atoms with Gasteiger partial charge < -0.3 is 9.64 Å². The summed E-state index contributed by atoms with van der Waals surface area (Å²) in [6.07, 6.45) is 4.21. The third-order valence-corrected chi connectivity index (χ3v) is 7.22. The molecule has 0 spiro atoms. The van der Waals surface area contributed by atoms with Gasteiger partial charge in [0.2, 0.25) is 0 Å².